The lowest BCUT2D eigenvalue weighted by Crippen LogP contribution is -2.21. The smallest absolute Gasteiger partial charge is 0.176 e. The van der Waals surface area contributed by atoms with Crippen molar-refractivity contribution >= 4 is 29.0 Å². The zero-order chi connectivity index (χ0) is 13.3. The summed E-state index contributed by atoms with van der Waals surface area (Å²) in [7, 11) is 3.67. The van der Waals surface area contributed by atoms with E-state index in [-0.39, 0.29) is 29.7 Å². The van der Waals surface area contributed by atoms with Crippen molar-refractivity contribution in [1.29, 1.82) is 0 Å². The van der Waals surface area contributed by atoms with E-state index in [1.54, 1.807) is 23.1 Å². The van der Waals surface area contributed by atoms with Gasteiger partial charge < -0.3 is 15.1 Å². The second-order valence-electron chi connectivity index (χ2n) is 4.56. The van der Waals surface area contributed by atoms with Crippen LogP contribution in [0.1, 0.15) is 10.4 Å². The monoisotopic (exact) mass is 281 g/mol. The van der Waals surface area contributed by atoms with E-state index in [0.29, 0.717) is 12.1 Å². The van der Waals surface area contributed by atoms with Gasteiger partial charge in [-0.25, -0.2) is 0 Å². The first kappa shape index (κ1) is 15.3. The van der Waals surface area contributed by atoms with Crippen molar-refractivity contribution in [2.24, 2.45) is 0 Å². The van der Waals surface area contributed by atoms with Gasteiger partial charge in [-0.1, -0.05) is 12.1 Å². The third-order valence-corrected chi connectivity index (χ3v) is 2.72. The maximum Gasteiger partial charge on any atom is 0.176 e. The quantitative estimate of drug-likeness (QED) is 0.670. The Morgan fingerprint density at radius 3 is 2.21 bits per heavy atom. The Morgan fingerprint density at radius 1 is 1.05 bits per heavy atom. The van der Waals surface area contributed by atoms with Crippen LogP contribution >= 0.6 is 12.4 Å². The number of likely N-dealkylation sites (N-methyl/N-ethyl adjacent to an activating group) is 1. The Balaban J connectivity index is 0.00000180. The summed E-state index contributed by atoms with van der Waals surface area (Å²) in [5, 5.41) is 20.4. The number of aromatic hydroxyl groups is 2. The lowest BCUT2D eigenvalue weighted by atomic mass is 10.0. The predicted molar refractivity (Wildman–Crippen MR) is 77.4 cm³/mol. The molecular weight excluding hydrogens is 266 g/mol. The molecule has 2 N–H and O–H groups in total. The van der Waals surface area contributed by atoms with Crippen LogP contribution in [-0.2, 0) is 0 Å². The zero-order valence-electron chi connectivity index (χ0n) is 10.8. The fourth-order valence-corrected chi connectivity index (χ4v) is 1.83. The number of Topliss-reactive ketones (excluding diaryl/α,β-unsaturated/α-hetero) is 1. The van der Waals surface area contributed by atoms with Crippen LogP contribution in [0.4, 0.5) is 0 Å². The molecule has 0 aliphatic rings. The number of ketones is 1. The lowest BCUT2D eigenvalue weighted by molar-refractivity contribution is 0.0958. The van der Waals surface area contributed by atoms with E-state index in [0.717, 1.165) is 10.8 Å². The van der Waals surface area contributed by atoms with Gasteiger partial charge in [0.1, 0.15) is 0 Å². The summed E-state index contributed by atoms with van der Waals surface area (Å²) in [6.07, 6.45) is 0. The first-order chi connectivity index (χ1) is 8.47. The van der Waals surface area contributed by atoms with Gasteiger partial charge in [-0.15, -0.1) is 12.4 Å². The van der Waals surface area contributed by atoms with Gasteiger partial charge in [-0.05, 0) is 43.1 Å². The van der Waals surface area contributed by atoms with Crippen molar-refractivity contribution in [3.63, 3.8) is 0 Å². The summed E-state index contributed by atoms with van der Waals surface area (Å²) in [5.41, 5.74) is 0.598. The zero-order valence-corrected chi connectivity index (χ0v) is 11.6. The number of hydrogen-bond acceptors (Lipinski definition) is 4. The molecule has 0 saturated carbocycles. The molecule has 0 unspecified atom stereocenters. The first-order valence-electron chi connectivity index (χ1n) is 5.61. The van der Waals surface area contributed by atoms with Crippen molar-refractivity contribution in [3.05, 3.63) is 35.9 Å². The molecule has 4 nitrogen and oxygen atoms in total. The van der Waals surface area contributed by atoms with Crippen molar-refractivity contribution in [1.82, 2.24) is 4.90 Å². The molecule has 0 radical (unpaired) electrons. The van der Waals surface area contributed by atoms with Crippen LogP contribution in [0.5, 0.6) is 11.5 Å². The van der Waals surface area contributed by atoms with Crippen molar-refractivity contribution in [3.8, 4) is 11.5 Å². The van der Waals surface area contributed by atoms with Crippen LogP contribution < -0.4 is 0 Å². The van der Waals surface area contributed by atoms with Gasteiger partial charge in [0.25, 0.3) is 0 Å². The highest BCUT2D eigenvalue weighted by atomic mass is 35.5. The Bertz CT molecular complexity index is 611. The molecule has 0 bridgehead atoms. The van der Waals surface area contributed by atoms with Crippen molar-refractivity contribution < 1.29 is 15.0 Å². The number of benzene rings is 2. The maximum absolute atomic E-state index is 11.9. The first-order valence-corrected chi connectivity index (χ1v) is 5.61. The van der Waals surface area contributed by atoms with Crippen LogP contribution in [-0.4, -0.2) is 41.5 Å². The molecule has 5 heteroatoms. The minimum Gasteiger partial charge on any atom is -0.504 e. The topological polar surface area (TPSA) is 60.8 Å². The van der Waals surface area contributed by atoms with Gasteiger partial charge >= 0.3 is 0 Å². The van der Waals surface area contributed by atoms with E-state index in [9.17, 15) is 15.0 Å². The summed E-state index contributed by atoms with van der Waals surface area (Å²) in [6.45, 7) is 0.343. The molecular formula is C14H16ClNO3. The van der Waals surface area contributed by atoms with Gasteiger partial charge in [-0.3, -0.25) is 4.79 Å². The third-order valence-electron chi connectivity index (χ3n) is 2.72. The van der Waals surface area contributed by atoms with Gasteiger partial charge in [0.05, 0.1) is 6.54 Å². The molecule has 2 aromatic rings. The van der Waals surface area contributed by atoms with Crippen LogP contribution in [0.3, 0.4) is 0 Å². The number of nitrogens with zero attached hydrogens (tertiary/aromatic N) is 1. The number of carbonyl (C=O) groups excluding carboxylic acids is 1. The maximum atomic E-state index is 11.9. The van der Waals surface area contributed by atoms with Crippen LogP contribution in [0.2, 0.25) is 0 Å². The Labute approximate surface area is 117 Å². The average Bonchev–Trinajstić information content (AvgIpc) is 2.29. The normalized spacial score (nSPS) is 10.5. The molecule has 0 amide bonds. The van der Waals surface area contributed by atoms with E-state index in [2.05, 4.69) is 0 Å². The number of phenolic OH excluding ortho intramolecular Hbond substituents is 2. The Kier molecular flexibility index (Phi) is 4.75. The number of fused-ring (bicyclic) bond motifs is 1. The van der Waals surface area contributed by atoms with Gasteiger partial charge in [-0.2, -0.15) is 0 Å². The summed E-state index contributed by atoms with van der Waals surface area (Å²) in [6, 6.07) is 8.14. The number of rotatable bonds is 3. The molecule has 0 fully saturated rings. The third kappa shape index (κ3) is 3.36. The highest BCUT2D eigenvalue weighted by Crippen LogP contribution is 2.30. The van der Waals surface area contributed by atoms with E-state index in [4.69, 9.17) is 0 Å². The van der Waals surface area contributed by atoms with Crippen LogP contribution in [0, 0.1) is 0 Å². The van der Waals surface area contributed by atoms with Crippen LogP contribution in [0.15, 0.2) is 30.3 Å². The number of phenols is 2. The van der Waals surface area contributed by atoms with Gasteiger partial charge in [0.2, 0.25) is 0 Å². The summed E-state index contributed by atoms with van der Waals surface area (Å²) >= 11 is 0. The molecule has 19 heavy (non-hydrogen) atoms. The van der Waals surface area contributed by atoms with E-state index in [1.165, 1.54) is 12.1 Å². The molecule has 2 aromatic carbocycles. The standard InChI is InChI=1S/C14H15NO3.ClH/c1-15(2)8-14(18)10-4-3-9-6-12(16)13(17)7-11(9)5-10;/h3-7,16-17H,8H2,1-2H3;1H. The molecule has 2 rings (SSSR count). The SMILES string of the molecule is CN(C)CC(=O)c1ccc2cc(O)c(O)cc2c1.Cl. The molecule has 102 valence electrons. The second-order valence-corrected chi connectivity index (χ2v) is 4.56. The largest absolute Gasteiger partial charge is 0.504 e. The lowest BCUT2D eigenvalue weighted by Gasteiger charge is -2.09. The van der Waals surface area contributed by atoms with E-state index >= 15 is 0 Å². The van der Waals surface area contributed by atoms with Crippen LogP contribution in [0.25, 0.3) is 10.8 Å². The van der Waals surface area contributed by atoms with Crippen molar-refractivity contribution in [2.45, 2.75) is 0 Å². The minimum atomic E-state index is -0.181. The van der Waals surface area contributed by atoms with E-state index < -0.39 is 0 Å². The molecule has 0 atom stereocenters. The van der Waals surface area contributed by atoms with Gasteiger partial charge in [0.15, 0.2) is 17.3 Å². The molecule has 0 aliphatic heterocycles. The summed E-state index contributed by atoms with van der Waals surface area (Å²) in [4.78, 5) is 13.7. The Morgan fingerprint density at radius 2 is 1.63 bits per heavy atom. The number of carbonyl (C=O) groups is 1. The predicted octanol–water partition coefficient (Wildman–Crippen LogP) is 2.42. The molecule has 0 aliphatic carbocycles. The minimum absolute atomic E-state index is 0. The second kappa shape index (κ2) is 5.91. The molecule has 0 spiro atoms. The highest BCUT2D eigenvalue weighted by molar-refractivity contribution is 6.01. The molecule has 0 heterocycles. The number of halogens is 1. The molecule has 0 aromatic heterocycles. The Hall–Kier alpha value is -1.78. The fourth-order valence-electron chi connectivity index (χ4n) is 1.83. The summed E-state index contributed by atoms with van der Waals surface area (Å²) < 4.78 is 0. The van der Waals surface area contributed by atoms with E-state index in [1.807, 2.05) is 14.1 Å². The average molecular weight is 282 g/mol. The highest BCUT2D eigenvalue weighted by Gasteiger charge is 2.09. The van der Waals surface area contributed by atoms with Gasteiger partial charge in [0, 0.05) is 5.56 Å². The number of hydrogen-bond donors (Lipinski definition) is 2. The van der Waals surface area contributed by atoms with Crippen molar-refractivity contribution in [2.75, 3.05) is 20.6 Å². The summed E-state index contributed by atoms with van der Waals surface area (Å²) in [5.74, 6) is -0.316. The molecule has 0 saturated heterocycles. The fraction of sp³-hybridized carbons (Fsp3) is 0.214.